The average Bonchev–Trinajstić information content (AvgIpc) is 2.53. The van der Waals surface area contributed by atoms with Crippen LogP contribution in [-0.2, 0) is 10.0 Å². The fourth-order valence-electron chi connectivity index (χ4n) is 2.62. The molecule has 1 N–H and O–H groups in total. The molecule has 21 heavy (non-hydrogen) atoms. The maximum atomic E-state index is 12.7. The first-order valence-corrected chi connectivity index (χ1v) is 8.73. The maximum absolute atomic E-state index is 12.7. The summed E-state index contributed by atoms with van der Waals surface area (Å²) in [6.45, 7) is 4.76. The summed E-state index contributed by atoms with van der Waals surface area (Å²) in [6.07, 6.45) is 2.01. The highest BCUT2D eigenvalue weighted by atomic mass is 32.2. The third-order valence-electron chi connectivity index (χ3n) is 3.87. The lowest BCUT2D eigenvalue weighted by atomic mass is 9.98. The van der Waals surface area contributed by atoms with E-state index < -0.39 is 10.0 Å². The normalized spacial score (nSPS) is 16.8. The van der Waals surface area contributed by atoms with Gasteiger partial charge in [0.15, 0.2) is 0 Å². The number of piperidine rings is 1. The molecular weight excluding hydrogens is 286 g/mol. The molecule has 1 fully saturated rings. The van der Waals surface area contributed by atoms with Gasteiger partial charge in [-0.05, 0) is 50.0 Å². The Balaban J connectivity index is 2.20. The van der Waals surface area contributed by atoms with Gasteiger partial charge in [0.25, 0.3) is 0 Å². The van der Waals surface area contributed by atoms with Crippen LogP contribution >= 0.6 is 0 Å². The van der Waals surface area contributed by atoms with Gasteiger partial charge in [-0.15, -0.1) is 0 Å². The van der Waals surface area contributed by atoms with E-state index in [-0.39, 0.29) is 4.90 Å². The van der Waals surface area contributed by atoms with Crippen molar-refractivity contribution in [1.29, 1.82) is 5.26 Å². The van der Waals surface area contributed by atoms with E-state index in [4.69, 9.17) is 5.26 Å². The predicted molar refractivity (Wildman–Crippen MR) is 81.2 cm³/mol. The standard InChI is InChI=1S/C15H21N3O2S/c1-2-18(12-13-6-8-17-9-7-13)21(19,20)15-5-3-4-14(10-15)11-16/h3-5,10,13,17H,2,6-9,12H2,1H3. The van der Waals surface area contributed by atoms with E-state index in [9.17, 15) is 8.42 Å². The molecule has 0 amide bonds. The van der Waals surface area contributed by atoms with Crippen LogP contribution in [0.3, 0.4) is 0 Å². The second-order valence-corrected chi connectivity index (χ2v) is 7.23. The van der Waals surface area contributed by atoms with Crippen LogP contribution in [0, 0.1) is 17.2 Å². The lowest BCUT2D eigenvalue weighted by Gasteiger charge is -2.28. The Morgan fingerprint density at radius 1 is 1.38 bits per heavy atom. The fraction of sp³-hybridized carbons (Fsp3) is 0.533. The minimum Gasteiger partial charge on any atom is -0.317 e. The number of hydrogen-bond donors (Lipinski definition) is 1. The zero-order valence-corrected chi connectivity index (χ0v) is 13.1. The number of nitrogens with zero attached hydrogens (tertiary/aromatic N) is 2. The highest BCUT2D eigenvalue weighted by Crippen LogP contribution is 2.21. The van der Waals surface area contributed by atoms with Gasteiger partial charge in [0.2, 0.25) is 10.0 Å². The smallest absolute Gasteiger partial charge is 0.243 e. The molecule has 0 unspecified atom stereocenters. The third-order valence-corrected chi connectivity index (χ3v) is 5.81. The van der Waals surface area contributed by atoms with Crippen molar-refractivity contribution < 1.29 is 8.42 Å². The molecule has 1 saturated heterocycles. The monoisotopic (exact) mass is 307 g/mol. The summed E-state index contributed by atoms with van der Waals surface area (Å²) in [6, 6.07) is 8.22. The Labute approximate surface area is 126 Å². The summed E-state index contributed by atoms with van der Waals surface area (Å²) in [4.78, 5) is 0.206. The molecular formula is C15H21N3O2S. The second kappa shape index (κ2) is 7.03. The third kappa shape index (κ3) is 3.82. The zero-order valence-electron chi connectivity index (χ0n) is 12.2. The highest BCUT2D eigenvalue weighted by molar-refractivity contribution is 7.89. The van der Waals surface area contributed by atoms with E-state index in [1.807, 2.05) is 13.0 Å². The van der Waals surface area contributed by atoms with Gasteiger partial charge in [0.05, 0.1) is 16.5 Å². The van der Waals surface area contributed by atoms with Gasteiger partial charge in [-0.2, -0.15) is 9.57 Å². The van der Waals surface area contributed by atoms with Crippen LogP contribution in [0.4, 0.5) is 0 Å². The molecule has 1 aromatic carbocycles. The predicted octanol–water partition coefficient (Wildman–Crippen LogP) is 1.57. The summed E-state index contributed by atoms with van der Waals surface area (Å²) in [7, 11) is -3.52. The summed E-state index contributed by atoms with van der Waals surface area (Å²) in [5.41, 5.74) is 0.369. The molecule has 0 atom stereocenters. The lowest BCUT2D eigenvalue weighted by Crippen LogP contribution is -2.39. The van der Waals surface area contributed by atoms with Gasteiger partial charge in [0.1, 0.15) is 0 Å². The Bertz CT molecular complexity index is 616. The molecule has 0 spiro atoms. The van der Waals surface area contributed by atoms with Crippen molar-refractivity contribution in [1.82, 2.24) is 9.62 Å². The van der Waals surface area contributed by atoms with Crippen molar-refractivity contribution in [3.05, 3.63) is 29.8 Å². The van der Waals surface area contributed by atoms with Crippen LogP contribution in [-0.4, -0.2) is 38.9 Å². The van der Waals surface area contributed by atoms with E-state index in [0.29, 0.717) is 24.6 Å². The molecule has 0 radical (unpaired) electrons. The summed E-state index contributed by atoms with van der Waals surface area (Å²) in [5, 5.41) is 12.2. The van der Waals surface area contributed by atoms with Crippen molar-refractivity contribution in [2.75, 3.05) is 26.2 Å². The first-order valence-electron chi connectivity index (χ1n) is 7.29. The second-order valence-electron chi connectivity index (χ2n) is 5.29. The molecule has 114 valence electrons. The van der Waals surface area contributed by atoms with Crippen LogP contribution in [0.1, 0.15) is 25.3 Å². The van der Waals surface area contributed by atoms with E-state index in [0.717, 1.165) is 25.9 Å². The highest BCUT2D eigenvalue weighted by Gasteiger charge is 2.26. The summed E-state index contributed by atoms with van der Waals surface area (Å²) < 4.78 is 26.9. The number of nitriles is 1. The van der Waals surface area contributed by atoms with Gasteiger partial charge >= 0.3 is 0 Å². The number of rotatable bonds is 5. The molecule has 0 aliphatic carbocycles. The van der Waals surface area contributed by atoms with E-state index in [1.54, 1.807) is 18.2 Å². The van der Waals surface area contributed by atoms with Gasteiger partial charge in [-0.1, -0.05) is 13.0 Å². The molecule has 1 aliphatic rings. The minimum atomic E-state index is -3.52. The molecule has 0 saturated carbocycles. The number of hydrogen-bond acceptors (Lipinski definition) is 4. The Kier molecular flexibility index (Phi) is 5.34. The maximum Gasteiger partial charge on any atom is 0.243 e. The SMILES string of the molecule is CCN(CC1CCNCC1)S(=O)(=O)c1cccc(C#N)c1. The van der Waals surface area contributed by atoms with Crippen molar-refractivity contribution in [2.24, 2.45) is 5.92 Å². The van der Waals surface area contributed by atoms with Crippen molar-refractivity contribution in [3.63, 3.8) is 0 Å². The largest absolute Gasteiger partial charge is 0.317 e. The number of benzene rings is 1. The van der Waals surface area contributed by atoms with Crippen LogP contribution < -0.4 is 5.32 Å². The van der Waals surface area contributed by atoms with Crippen molar-refractivity contribution in [2.45, 2.75) is 24.7 Å². The van der Waals surface area contributed by atoms with Crippen LogP contribution in [0.15, 0.2) is 29.2 Å². The molecule has 1 aliphatic heterocycles. The van der Waals surface area contributed by atoms with Gasteiger partial charge in [0, 0.05) is 13.1 Å². The van der Waals surface area contributed by atoms with E-state index >= 15 is 0 Å². The summed E-state index contributed by atoms with van der Waals surface area (Å²) >= 11 is 0. The fourth-order valence-corrected chi connectivity index (χ4v) is 4.20. The van der Waals surface area contributed by atoms with Crippen molar-refractivity contribution >= 4 is 10.0 Å². The van der Waals surface area contributed by atoms with Gasteiger partial charge < -0.3 is 5.32 Å². The van der Waals surface area contributed by atoms with Gasteiger partial charge in [-0.3, -0.25) is 0 Å². The Morgan fingerprint density at radius 3 is 2.71 bits per heavy atom. The van der Waals surface area contributed by atoms with E-state index in [1.165, 1.54) is 10.4 Å². The quantitative estimate of drug-likeness (QED) is 0.896. The Hall–Kier alpha value is -1.42. The van der Waals surface area contributed by atoms with Crippen LogP contribution in [0.25, 0.3) is 0 Å². The van der Waals surface area contributed by atoms with Gasteiger partial charge in [-0.25, -0.2) is 8.42 Å². The zero-order chi connectivity index (χ0) is 15.3. The molecule has 1 aromatic rings. The topological polar surface area (TPSA) is 73.2 Å². The van der Waals surface area contributed by atoms with E-state index in [2.05, 4.69) is 5.32 Å². The average molecular weight is 307 g/mol. The van der Waals surface area contributed by atoms with Crippen LogP contribution in [0.5, 0.6) is 0 Å². The number of nitrogens with one attached hydrogen (secondary N) is 1. The number of sulfonamides is 1. The molecule has 1 heterocycles. The molecule has 6 heteroatoms. The molecule has 5 nitrogen and oxygen atoms in total. The lowest BCUT2D eigenvalue weighted by molar-refractivity contribution is 0.294. The first kappa shape index (κ1) is 16.0. The molecule has 0 bridgehead atoms. The first-order chi connectivity index (χ1) is 10.1. The molecule has 0 aromatic heterocycles. The van der Waals surface area contributed by atoms with Crippen LogP contribution in [0.2, 0.25) is 0 Å². The molecule has 2 rings (SSSR count). The minimum absolute atomic E-state index is 0.206. The summed E-state index contributed by atoms with van der Waals surface area (Å²) in [5.74, 6) is 0.403. The van der Waals surface area contributed by atoms with Crippen molar-refractivity contribution in [3.8, 4) is 6.07 Å². The Morgan fingerprint density at radius 2 is 2.10 bits per heavy atom.